The van der Waals surface area contributed by atoms with Crippen molar-refractivity contribution < 1.29 is 28.6 Å². The summed E-state index contributed by atoms with van der Waals surface area (Å²) in [6, 6.07) is 17.4. The molecule has 8 heteroatoms. The zero-order valence-electron chi connectivity index (χ0n) is 19.0. The summed E-state index contributed by atoms with van der Waals surface area (Å²) in [6.07, 6.45) is 3.03. The van der Waals surface area contributed by atoms with Crippen molar-refractivity contribution in [2.75, 3.05) is 11.9 Å². The molecule has 2 aliphatic carbocycles. The first-order valence-electron chi connectivity index (χ1n) is 11.7. The summed E-state index contributed by atoms with van der Waals surface area (Å²) in [4.78, 5) is 36.6. The zero-order valence-corrected chi connectivity index (χ0v) is 19.0. The van der Waals surface area contributed by atoms with Crippen molar-refractivity contribution in [3.8, 4) is 11.1 Å². The molecular weight excluding hydrogens is 448 g/mol. The monoisotopic (exact) mass is 474 g/mol. The van der Waals surface area contributed by atoms with Crippen molar-refractivity contribution in [1.29, 1.82) is 0 Å². The Morgan fingerprint density at radius 3 is 2.34 bits per heavy atom. The molecule has 1 saturated carbocycles. The number of ether oxygens (including phenoxy) is 1. The quantitative estimate of drug-likeness (QED) is 0.462. The highest BCUT2D eigenvalue weighted by molar-refractivity contribution is 6.00. The number of carbonyl (C=O) groups is 3. The third kappa shape index (κ3) is 4.64. The topological polar surface area (TPSA) is 118 Å². The van der Waals surface area contributed by atoms with Gasteiger partial charge in [-0.1, -0.05) is 55.0 Å². The van der Waals surface area contributed by atoms with Crippen LogP contribution in [-0.4, -0.2) is 35.7 Å². The normalized spacial score (nSPS) is 18.9. The van der Waals surface area contributed by atoms with Gasteiger partial charge in [0.25, 0.3) is 5.91 Å². The van der Waals surface area contributed by atoms with Gasteiger partial charge in [-0.25, -0.2) is 4.79 Å². The molecule has 1 heterocycles. The van der Waals surface area contributed by atoms with E-state index in [0.29, 0.717) is 19.3 Å². The number of furan rings is 1. The zero-order chi connectivity index (χ0) is 24.4. The summed E-state index contributed by atoms with van der Waals surface area (Å²) in [5.74, 6) is -1.94. The van der Waals surface area contributed by atoms with Crippen LogP contribution >= 0.6 is 0 Å². The second-order valence-corrected chi connectivity index (χ2v) is 8.99. The molecule has 2 amide bonds. The minimum Gasteiger partial charge on any atom is -0.481 e. The Bertz CT molecular complexity index is 1220. The molecule has 0 saturated heterocycles. The van der Waals surface area contributed by atoms with Crippen LogP contribution in [0.15, 0.2) is 65.3 Å². The highest BCUT2D eigenvalue weighted by Gasteiger charge is 2.31. The molecule has 35 heavy (non-hydrogen) atoms. The van der Waals surface area contributed by atoms with Gasteiger partial charge in [-0.05, 0) is 41.5 Å². The fourth-order valence-corrected chi connectivity index (χ4v) is 5.12. The van der Waals surface area contributed by atoms with Gasteiger partial charge in [0, 0.05) is 18.0 Å². The summed E-state index contributed by atoms with van der Waals surface area (Å²) < 4.78 is 10.9. The fourth-order valence-electron chi connectivity index (χ4n) is 5.12. The highest BCUT2D eigenvalue weighted by atomic mass is 16.5. The molecule has 2 aromatic carbocycles. The molecule has 0 radical (unpaired) electrons. The fraction of sp³-hybridized carbons (Fsp3) is 0.296. The Morgan fingerprint density at radius 1 is 0.971 bits per heavy atom. The number of amides is 2. The third-order valence-corrected chi connectivity index (χ3v) is 6.81. The summed E-state index contributed by atoms with van der Waals surface area (Å²) >= 11 is 0. The lowest BCUT2D eigenvalue weighted by Gasteiger charge is -2.27. The van der Waals surface area contributed by atoms with Crippen molar-refractivity contribution in [1.82, 2.24) is 5.32 Å². The molecule has 5 rings (SSSR count). The van der Waals surface area contributed by atoms with E-state index in [1.165, 1.54) is 12.3 Å². The first kappa shape index (κ1) is 22.7. The summed E-state index contributed by atoms with van der Waals surface area (Å²) in [7, 11) is 0. The van der Waals surface area contributed by atoms with E-state index in [9.17, 15) is 19.5 Å². The van der Waals surface area contributed by atoms with Crippen LogP contribution in [0.25, 0.3) is 11.1 Å². The maximum absolute atomic E-state index is 12.8. The van der Waals surface area contributed by atoms with Gasteiger partial charge in [0.2, 0.25) is 5.76 Å². The molecule has 0 aliphatic heterocycles. The van der Waals surface area contributed by atoms with Crippen LogP contribution in [0.1, 0.15) is 53.3 Å². The van der Waals surface area contributed by atoms with E-state index < -0.39 is 23.9 Å². The van der Waals surface area contributed by atoms with Crippen LogP contribution in [0.2, 0.25) is 0 Å². The molecule has 8 nitrogen and oxygen atoms in total. The molecule has 0 bridgehead atoms. The minimum absolute atomic E-state index is 0.0454. The van der Waals surface area contributed by atoms with Crippen LogP contribution in [0.3, 0.4) is 0 Å². The first-order valence-corrected chi connectivity index (χ1v) is 11.7. The van der Waals surface area contributed by atoms with Gasteiger partial charge < -0.3 is 19.6 Å². The SMILES string of the molecule is O=C(Nc1ccoc1C(=O)N[C@@H]1CCC[C@@H](C(=O)O)C1)OCC1c2ccccc2-c2ccccc21. The number of carboxylic acid groups (broad SMARTS) is 1. The highest BCUT2D eigenvalue weighted by Crippen LogP contribution is 2.44. The molecule has 0 spiro atoms. The number of anilines is 1. The lowest BCUT2D eigenvalue weighted by atomic mass is 9.86. The van der Waals surface area contributed by atoms with E-state index in [-0.39, 0.29) is 30.0 Å². The van der Waals surface area contributed by atoms with E-state index in [2.05, 4.69) is 22.8 Å². The maximum atomic E-state index is 12.8. The molecular formula is C27H26N2O6. The van der Waals surface area contributed by atoms with Gasteiger partial charge in [0.1, 0.15) is 6.61 Å². The second-order valence-electron chi connectivity index (χ2n) is 8.99. The lowest BCUT2D eigenvalue weighted by Crippen LogP contribution is -2.40. The number of carboxylic acids is 1. The summed E-state index contributed by atoms with van der Waals surface area (Å²) in [5.41, 5.74) is 4.69. The van der Waals surface area contributed by atoms with Gasteiger partial charge >= 0.3 is 12.1 Å². The average molecular weight is 475 g/mol. The summed E-state index contributed by atoms with van der Waals surface area (Å²) in [6.45, 7) is 0.151. The van der Waals surface area contributed by atoms with E-state index in [4.69, 9.17) is 9.15 Å². The van der Waals surface area contributed by atoms with Crippen LogP contribution in [0, 0.1) is 5.92 Å². The van der Waals surface area contributed by atoms with E-state index >= 15 is 0 Å². The van der Waals surface area contributed by atoms with Crippen molar-refractivity contribution in [2.24, 2.45) is 5.92 Å². The molecule has 3 N–H and O–H groups in total. The number of carbonyl (C=O) groups excluding carboxylic acids is 2. The van der Waals surface area contributed by atoms with Crippen molar-refractivity contribution in [3.05, 3.63) is 77.7 Å². The van der Waals surface area contributed by atoms with Crippen LogP contribution in [0.4, 0.5) is 10.5 Å². The maximum Gasteiger partial charge on any atom is 0.411 e. The van der Waals surface area contributed by atoms with Crippen molar-refractivity contribution in [3.63, 3.8) is 0 Å². The number of fused-ring (bicyclic) bond motifs is 3. The Morgan fingerprint density at radius 2 is 1.66 bits per heavy atom. The van der Waals surface area contributed by atoms with Gasteiger partial charge in [-0.15, -0.1) is 0 Å². The van der Waals surface area contributed by atoms with E-state index in [0.717, 1.165) is 28.7 Å². The third-order valence-electron chi connectivity index (χ3n) is 6.81. The van der Waals surface area contributed by atoms with Gasteiger partial charge in [0.15, 0.2) is 0 Å². The Kier molecular flexibility index (Phi) is 6.27. The smallest absolute Gasteiger partial charge is 0.411 e. The molecule has 0 unspecified atom stereocenters. The van der Waals surface area contributed by atoms with Gasteiger partial charge in [0.05, 0.1) is 17.9 Å². The molecule has 1 aromatic heterocycles. The van der Waals surface area contributed by atoms with Crippen LogP contribution in [-0.2, 0) is 9.53 Å². The number of aliphatic carboxylic acids is 1. The van der Waals surface area contributed by atoms with E-state index in [1.54, 1.807) is 0 Å². The average Bonchev–Trinajstić information content (AvgIpc) is 3.45. The predicted molar refractivity (Wildman–Crippen MR) is 128 cm³/mol. The Labute approximate surface area is 202 Å². The molecule has 1 fully saturated rings. The Balaban J connectivity index is 1.21. The standard InChI is InChI=1S/C27H26N2O6/c30-25(28-17-7-5-6-16(14-17)26(31)32)24-23(12-13-34-24)29-27(33)35-15-22-20-10-3-1-8-18(20)19-9-2-4-11-21(19)22/h1-4,8-13,16-17,22H,5-7,14-15H2,(H,28,30)(H,29,33)(H,31,32)/t16-,17-/m1/s1. The summed E-state index contributed by atoms with van der Waals surface area (Å²) in [5, 5.41) is 14.7. The van der Waals surface area contributed by atoms with Crippen LogP contribution < -0.4 is 10.6 Å². The van der Waals surface area contributed by atoms with Crippen LogP contribution in [0.5, 0.6) is 0 Å². The van der Waals surface area contributed by atoms with Gasteiger partial charge in [-0.2, -0.15) is 0 Å². The molecule has 2 atom stereocenters. The molecule has 3 aromatic rings. The Hall–Kier alpha value is -4.07. The van der Waals surface area contributed by atoms with Crippen molar-refractivity contribution >= 4 is 23.7 Å². The molecule has 180 valence electrons. The number of hydrogen-bond donors (Lipinski definition) is 3. The van der Waals surface area contributed by atoms with E-state index in [1.807, 2.05) is 36.4 Å². The number of hydrogen-bond acceptors (Lipinski definition) is 5. The minimum atomic E-state index is -0.848. The predicted octanol–water partition coefficient (Wildman–Crippen LogP) is 5.01. The van der Waals surface area contributed by atoms with Gasteiger partial charge in [-0.3, -0.25) is 14.9 Å². The lowest BCUT2D eigenvalue weighted by molar-refractivity contribution is -0.143. The van der Waals surface area contributed by atoms with Crippen molar-refractivity contribution in [2.45, 2.75) is 37.6 Å². The first-order chi connectivity index (χ1) is 17.0. The largest absolute Gasteiger partial charge is 0.481 e. The number of rotatable bonds is 6. The molecule has 2 aliphatic rings. The number of benzene rings is 2. The second kappa shape index (κ2) is 9.66. The number of nitrogens with one attached hydrogen (secondary N) is 2.